The molecule has 0 aliphatic heterocycles. The van der Waals surface area contributed by atoms with Gasteiger partial charge in [-0.05, 0) is 20.8 Å². The van der Waals surface area contributed by atoms with Crippen molar-refractivity contribution in [2.45, 2.75) is 40.2 Å². The highest BCUT2D eigenvalue weighted by molar-refractivity contribution is 5.50. The lowest BCUT2D eigenvalue weighted by Crippen LogP contribution is -2.37. The normalized spacial score (nSPS) is 12.3. The average Bonchev–Trinajstić information content (AvgIpc) is 2.40. The van der Waals surface area contributed by atoms with E-state index in [-0.39, 0.29) is 0 Å². The van der Waals surface area contributed by atoms with Gasteiger partial charge >= 0.3 is 0 Å². The number of rotatable bonds is 8. The zero-order valence-electron chi connectivity index (χ0n) is 12.7. The molecule has 0 fully saturated rings. The Morgan fingerprint density at radius 2 is 2.05 bits per heavy atom. The molecule has 0 saturated heterocycles. The summed E-state index contributed by atoms with van der Waals surface area (Å²) in [5.74, 6) is 2.73. The van der Waals surface area contributed by atoms with Gasteiger partial charge in [-0.25, -0.2) is 9.97 Å². The zero-order valence-corrected chi connectivity index (χ0v) is 12.7. The highest BCUT2D eigenvalue weighted by Crippen LogP contribution is 2.18. The first kappa shape index (κ1) is 15.7. The molecule has 1 heterocycles. The Hall–Kier alpha value is -1.36. The summed E-state index contributed by atoms with van der Waals surface area (Å²) in [6.07, 6.45) is 0.836. The number of nitrogens with one attached hydrogen (secondary N) is 1. The fraction of sp³-hybridized carbons (Fsp3) is 0.714. The van der Waals surface area contributed by atoms with Crippen LogP contribution in [0.25, 0.3) is 0 Å². The van der Waals surface area contributed by atoms with Crippen LogP contribution in [0.5, 0.6) is 0 Å². The van der Waals surface area contributed by atoms with E-state index in [1.165, 1.54) is 0 Å². The second-order valence-corrected chi connectivity index (χ2v) is 4.50. The van der Waals surface area contributed by atoms with E-state index in [4.69, 9.17) is 4.74 Å². The quantitative estimate of drug-likeness (QED) is 0.782. The zero-order chi connectivity index (χ0) is 14.3. The van der Waals surface area contributed by atoms with Crippen LogP contribution in [0, 0.1) is 0 Å². The Balaban J connectivity index is 3.04. The summed E-state index contributed by atoms with van der Waals surface area (Å²) in [4.78, 5) is 11.4. The van der Waals surface area contributed by atoms with Crippen molar-refractivity contribution < 1.29 is 4.74 Å². The molecule has 0 aliphatic rings. The van der Waals surface area contributed by atoms with Crippen LogP contribution in [-0.2, 0) is 11.2 Å². The van der Waals surface area contributed by atoms with Crippen molar-refractivity contribution in [1.82, 2.24) is 9.97 Å². The molecule has 0 radical (unpaired) electrons. The molecule has 1 N–H and O–H groups in total. The summed E-state index contributed by atoms with van der Waals surface area (Å²) in [7, 11) is 1.73. The predicted octanol–water partition coefficient (Wildman–Crippen LogP) is 2.33. The van der Waals surface area contributed by atoms with Gasteiger partial charge in [0.15, 0.2) is 0 Å². The van der Waals surface area contributed by atoms with Crippen LogP contribution in [0.4, 0.5) is 11.6 Å². The summed E-state index contributed by atoms with van der Waals surface area (Å²) >= 11 is 0. The Kier molecular flexibility index (Phi) is 6.56. The Morgan fingerprint density at radius 1 is 1.32 bits per heavy atom. The molecule has 0 aliphatic carbocycles. The number of methoxy groups -OCH3 is 1. The fourth-order valence-electron chi connectivity index (χ4n) is 2.09. The second kappa shape index (κ2) is 7.94. The van der Waals surface area contributed by atoms with Crippen molar-refractivity contribution in [3.05, 3.63) is 11.9 Å². The summed E-state index contributed by atoms with van der Waals surface area (Å²) in [6.45, 7) is 10.9. The molecule has 1 aromatic rings. The second-order valence-electron chi connectivity index (χ2n) is 4.50. The van der Waals surface area contributed by atoms with Crippen LogP contribution in [-0.4, -0.2) is 42.8 Å². The molecule has 5 heteroatoms. The van der Waals surface area contributed by atoms with Gasteiger partial charge in [-0.3, -0.25) is 0 Å². The minimum absolute atomic E-state index is 0.295. The van der Waals surface area contributed by atoms with Crippen LogP contribution >= 0.6 is 0 Å². The third kappa shape index (κ3) is 4.35. The molecule has 1 aromatic heterocycles. The SMILES string of the molecule is CCNc1cc(N(CC)C(C)COC)nc(CC)n1. The molecule has 0 spiro atoms. The van der Waals surface area contributed by atoms with Crippen molar-refractivity contribution in [1.29, 1.82) is 0 Å². The van der Waals surface area contributed by atoms with E-state index >= 15 is 0 Å². The smallest absolute Gasteiger partial charge is 0.134 e. The number of hydrogen-bond acceptors (Lipinski definition) is 5. The molecule has 1 rings (SSSR count). The molecule has 0 saturated carbocycles. The van der Waals surface area contributed by atoms with Crippen LogP contribution < -0.4 is 10.2 Å². The summed E-state index contributed by atoms with van der Waals surface area (Å²) in [6, 6.07) is 2.31. The van der Waals surface area contributed by atoms with E-state index in [2.05, 4.69) is 47.9 Å². The van der Waals surface area contributed by atoms with Gasteiger partial charge in [-0.2, -0.15) is 0 Å². The lowest BCUT2D eigenvalue weighted by molar-refractivity contribution is 0.181. The van der Waals surface area contributed by atoms with Crippen molar-refractivity contribution in [2.75, 3.05) is 37.0 Å². The Labute approximate surface area is 116 Å². The maximum atomic E-state index is 5.24. The molecule has 108 valence electrons. The topological polar surface area (TPSA) is 50.3 Å². The van der Waals surface area contributed by atoms with E-state index in [0.29, 0.717) is 12.6 Å². The van der Waals surface area contributed by atoms with Crippen LogP contribution in [0.15, 0.2) is 6.07 Å². The highest BCUT2D eigenvalue weighted by Gasteiger charge is 2.15. The van der Waals surface area contributed by atoms with Gasteiger partial charge in [0.2, 0.25) is 0 Å². The summed E-state index contributed by atoms with van der Waals surface area (Å²) < 4.78 is 5.24. The van der Waals surface area contributed by atoms with E-state index < -0.39 is 0 Å². The maximum absolute atomic E-state index is 5.24. The molecule has 0 bridgehead atoms. The van der Waals surface area contributed by atoms with Gasteiger partial charge in [0.25, 0.3) is 0 Å². The van der Waals surface area contributed by atoms with Crippen molar-refractivity contribution in [3.8, 4) is 0 Å². The molecule has 19 heavy (non-hydrogen) atoms. The van der Waals surface area contributed by atoms with Gasteiger partial charge in [0.05, 0.1) is 12.6 Å². The first-order valence-electron chi connectivity index (χ1n) is 7.03. The first-order valence-corrected chi connectivity index (χ1v) is 7.03. The predicted molar refractivity (Wildman–Crippen MR) is 79.9 cm³/mol. The largest absolute Gasteiger partial charge is 0.383 e. The summed E-state index contributed by atoms with van der Waals surface area (Å²) in [5.41, 5.74) is 0. The number of nitrogens with zero attached hydrogens (tertiary/aromatic N) is 3. The van der Waals surface area contributed by atoms with E-state index in [9.17, 15) is 0 Å². The minimum Gasteiger partial charge on any atom is -0.383 e. The third-order valence-corrected chi connectivity index (χ3v) is 3.01. The van der Waals surface area contributed by atoms with Crippen molar-refractivity contribution in [2.24, 2.45) is 0 Å². The van der Waals surface area contributed by atoms with E-state index in [1.54, 1.807) is 7.11 Å². The van der Waals surface area contributed by atoms with Gasteiger partial charge in [0.1, 0.15) is 17.5 Å². The standard InChI is InChI=1S/C14H26N4O/c1-6-12-16-13(15-7-2)9-14(17-12)18(8-3)11(4)10-19-5/h9,11H,6-8,10H2,1-5H3,(H,15,16,17). The number of aromatic nitrogens is 2. The number of anilines is 2. The minimum atomic E-state index is 0.295. The monoisotopic (exact) mass is 266 g/mol. The average molecular weight is 266 g/mol. The fourth-order valence-corrected chi connectivity index (χ4v) is 2.09. The number of hydrogen-bond donors (Lipinski definition) is 1. The van der Waals surface area contributed by atoms with Crippen LogP contribution in [0.1, 0.15) is 33.5 Å². The van der Waals surface area contributed by atoms with Crippen LogP contribution in [0.2, 0.25) is 0 Å². The molecular formula is C14H26N4O. The molecule has 0 aromatic carbocycles. The van der Waals surface area contributed by atoms with Crippen molar-refractivity contribution >= 4 is 11.6 Å². The number of likely N-dealkylation sites (N-methyl/N-ethyl adjacent to an activating group) is 1. The first-order chi connectivity index (χ1) is 9.15. The molecule has 0 amide bonds. The molecule has 1 unspecified atom stereocenters. The van der Waals surface area contributed by atoms with Gasteiger partial charge in [0, 0.05) is 32.7 Å². The van der Waals surface area contributed by atoms with Gasteiger partial charge in [-0.15, -0.1) is 0 Å². The van der Waals surface area contributed by atoms with Crippen molar-refractivity contribution in [3.63, 3.8) is 0 Å². The van der Waals surface area contributed by atoms with Crippen LogP contribution in [0.3, 0.4) is 0 Å². The Morgan fingerprint density at radius 3 is 2.58 bits per heavy atom. The molecular weight excluding hydrogens is 240 g/mol. The van der Waals surface area contributed by atoms with E-state index in [0.717, 1.165) is 37.0 Å². The summed E-state index contributed by atoms with van der Waals surface area (Å²) in [5, 5.41) is 3.26. The third-order valence-electron chi connectivity index (χ3n) is 3.01. The van der Waals surface area contributed by atoms with Gasteiger partial charge < -0.3 is 15.0 Å². The highest BCUT2D eigenvalue weighted by atomic mass is 16.5. The number of aryl methyl sites for hydroxylation is 1. The Bertz CT molecular complexity index is 384. The lowest BCUT2D eigenvalue weighted by atomic mass is 10.3. The molecule has 1 atom stereocenters. The molecule has 5 nitrogen and oxygen atoms in total. The number of ether oxygens (including phenoxy) is 1. The van der Waals surface area contributed by atoms with Gasteiger partial charge in [-0.1, -0.05) is 6.92 Å². The maximum Gasteiger partial charge on any atom is 0.134 e. The lowest BCUT2D eigenvalue weighted by Gasteiger charge is -2.29. The van der Waals surface area contributed by atoms with E-state index in [1.807, 2.05) is 6.07 Å².